The summed E-state index contributed by atoms with van der Waals surface area (Å²) in [6.07, 6.45) is 0. The van der Waals surface area contributed by atoms with Crippen LogP contribution in [0.1, 0.15) is 27.7 Å². The summed E-state index contributed by atoms with van der Waals surface area (Å²) in [7, 11) is -0.340. The summed E-state index contributed by atoms with van der Waals surface area (Å²) in [4.78, 5) is 0. The number of benzene rings is 3. The van der Waals surface area contributed by atoms with Crippen LogP contribution in [-0.2, 0) is 9.31 Å². The van der Waals surface area contributed by atoms with E-state index in [1.807, 2.05) is 11.3 Å². The summed E-state index contributed by atoms with van der Waals surface area (Å²) in [5, 5.41) is 5.10. The second-order valence-electron chi connectivity index (χ2n) is 8.11. The van der Waals surface area contributed by atoms with Gasteiger partial charge in [-0.1, -0.05) is 36.4 Å². The fraction of sp³-hybridized carbons (Fsp3) is 0.273. The molecule has 5 rings (SSSR count). The molecule has 0 atom stereocenters. The largest absolute Gasteiger partial charge is 0.495 e. The Morgan fingerprint density at radius 2 is 1.42 bits per heavy atom. The Balaban J connectivity index is 1.77. The molecular weight excluding hydrogens is 339 g/mol. The number of fused-ring (bicyclic) bond motifs is 4. The van der Waals surface area contributed by atoms with Gasteiger partial charge in [0.15, 0.2) is 0 Å². The van der Waals surface area contributed by atoms with E-state index in [0.29, 0.717) is 0 Å². The molecule has 130 valence electrons. The van der Waals surface area contributed by atoms with Crippen LogP contribution >= 0.6 is 11.3 Å². The first-order chi connectivity index (χ1) is 12.4. The van der Waals surface area contributed by atoms with Gasteiger partial charge in [0, 0.05) is 20.2 Å². The van der Waals surface area contributed by atoms with Crippen LogP contribution in [0.3, 0.4) is 0 Å². The van der Waals surface area contributed by atoms with Crippen molar-refractivity contribution >= 4 is 54.9 Å². The van der Waals surface area contributed by atoms with Gasteiger partial charge >= 0.3 is 7.12 Å². The van der Waals surface area contributed by atoms with Crippen LogP contribution in [0.15, 0.2) is 54.6 Å². The third-order valence-electron chi connectivity index (χ3n) is 5.90. The van der Waals surface area contributed by atoms with E-state index in [9.17, 15) is 0 Å². The number of rotatable bonds is 1. The second kappa shape index (κ2) is 5.32. The van der Waals surface area contributed by atoms with Crippen molar-refractivity contribution in [1.29, 1.82) is 0 Å². The van der Waals surface area contributed by atoms with E-state index in [4.69, 9.17) is 9.31 Å². The predicted octanol–water partition coefficient (Wildman–Crippen LogP) is 5.51. The second-order valence-corrected chi connectivity index (χ2v) is 9.19. The van der Waals surface area contributed by atoms with Gasteiger partial charge in [-0.05, 0) is 62.1 Å². The van der Waals surface area contributed by atoms with Crippen molar-refractivity contribution in [2.75, 3.05) is 0 Å². The van der Waals surface area contributed by atoms with Crippen LogP contribution in [0.2, 0.25) is 0 Å². The SMILES string of the molecule is CC1(C)OB(c2cccc3sc4cc5ccccc5cc4c23)OC1(C)C. The highest BCUT2D eigenvalue weighted by Gasteiger charge is 2.52. The minimum Gasteiger partial charge on any atom is -0.399 e. The minimum absolute atomic E-state index is 0.335. The average molecular weight is 360 g/mol. The molecule has 0 spiro atoms. The third kappa shape index (κ3) is 2.26. The zero-order chi connectivity index (χ0) is 18.1. The molecule has 3 aromatic carbocycles. The highest BCUT2D eigenvalue weighted by Crippen LogP contribution is 2.39. The molecular formula is C22H21BO2S. The van der Waals surface area contributed by atoms with Gasteiger partial charge in [0.25, 0.3) is 0 Å². The van der Waals surface area contributed by atoms with Crippen molar-refractivity contribution in [3.05, 3.63) is 54.6 Å². The molecule has 1 aliphatic heterocycles. The molecule has 0 amide bonds. The van der Waals surface area contributed by atoms with Crippen molar-refractivity contribution in [3.63, 3.8) is 0 Å². The van der Waals surface area contributed by atoms with Gasteiger partial charge in [0.2, 0.25) is 0 Å². The molecule has 1 aliphatic rings. The van der Waals surface area contributed by atoms with Gasteiger partial charge in [-0.25, -0.2) is 0 Å². The average Bonchev–Trinajstić information content (AvgIpc) is 3.06. The molecule has 0 aliphatic carbocycles. The molecule has 0 unspecified atom stereocenters. The monoisotopic (exact) mass is 360 g/mol. The van der Waals surface area contributed by atoms with E-state index >= 15 is 0 Å². The highest BCUT2D eigenvalue weighted by molar-refractivity contribution is 7.26. The number of hydrogen-bond donors (Lipinski definition) is 0. The Kier molecular flexibility index (Phi) is 3.34. The first-order valence-electron chi connectivity index (χ1n) is 9.05. The van der Waals surface area contributed by atoms with Gasteiger partial charge in [-0.15, -0.1) is 11.3 Å². The molecule has 1 saturated heterocycles. The fourth-order valence-corrected chi connectivity index (χ4v) is 4.88. The first kappa shape index (κ1) is 16.3. The lowest BCUT2D eigenvalue weighted by molar-refractivity contribution is 0.00578. The van der Waals surface area contributed by atoms with E-state index in [2.05, 4.69) is 82.3 Å². The van der Waals surface area contributed by atoms with E-state index in [1.165, 1.54) is 30.9 Å². The Morgan fingerprint density at radius 1 is 0.769 bits per heavy atom. The van der Waals surface area contributed by atoms with E-state index < -0.39 is 0 Å². The maximum atomic E-state index is 6.35. The summed E-state index contributed by atoms with van der Waals surface area (Å²) >= 11 is 1.84. The van der Waals surface area contributed by atoms with Gasteiger partial charge < -0.3 is 9.31 Å². The number of thiophene rings is 1. The maximum absolute atomic E-state index is 6.35. The van der Waals surface area contributed by atoms with Crippen molar-refractivity contribution in [1.82, 2.24) is 0 Å². The molecule has 26 heavy (non-hydrogen) atoms. The maximum Gasteiger partial charge on any atom is 0.495 e. The van der Waals surface area contributed by atoms with Gasteiger partial charge in [-0.2, -0.15) is 0 Å². The standard InChI is InChI=1S/C22H21BO2S/c1-21(2)22(3,4)25-23(24-21)17-10-7-11-18-20(17)16-12-14-8-5-6-9-15(14)13-19(16)26-18/h5-13H,1-4H3. The molecule has 0 N–H and O–H groups in total. The van der Waals surface area contributed by atoms with Crippen LogP contribution < -0.4 is 5.46 Å². The van der Waals surface area contributed by atoms with Crippen LogP contribution in [0.25, 0.3) is 30.9 Å². The van der Waals surface area contributed by atoms with Gasteiger partial charge in [0.1, 0.15) is 0 Å². The third-order valence-corrected chi connectivity index (χ3v) is 7.02. The molecule has 4 aromatic rings. The van der Waals surface area contributed by atoms with Crippen LogP contribution in [-0.4, -0.2) is 18.3 Å². The number of hydrogen-bond acceptors (Lipinski definition) is 3. The van der Waals surface area contributed by atoms with Crippen molar-refractivity contribution < 1.29 is 9.31 Å². The zero-order valence-electron chi connectivity index (χ0n) is 15.5. The van der Waals surface area contributed by atoms with Crippen LogP contribution in [0.5, 0.6) is 0 Å². The lowest BCUT2D eigenvalue weighted by atomic mass is 9.76. The summed E-state index contributed by atoms with van der Waals surface area (Å²) in [5.41, 5.74) is 0.458. The Hall–Kier alpha value is -1.88. The molecule has 2 heterocycles. The summed E-state index contributed by atoms with van der Waals surface area (Å²) in [5.74, 6) is 0. The quantitative estimate of drug-likeness (QED) is 0.417. The molecule has 4 heteroatoms. The lowest BCUT2D eigenvalue weighted by Crippen LogP contribution is -2.41. The van der Waals surface area contributed by atoms with Gasteiger partial charge in [0.05, 0.1) is 11.2 Å². The van der Waals surface area contributed by atoms with Crippen molar-refractivity contribution in [2.24, 2.45) is 0 Å². The molecule has 1 fully saturated rings. The van der Waals surface area contributed by atoms with Crippen molar-refractivity contribution in [3.8, 4) is 0 Å². The lowest BCUT2D eigenvalue weighted by Gasteiger charge is -2.32. The van der Waals surface area contributed by atoms with E-state index in [-0.39, 0.29) is 18.3 Å². The predicted molar refractivity (Wildman–Crippen MR) is 113 cm³/mol. The Labute approximate surface area is 157 Å². The smallest absolute Gasteiger partial charge is 0.399 e. The summed E-state index contributed by atoms with van der Waals surface area (Å²) in [6.45, 7) is 8.41. The first-order valence-corrected chi connectivity index (χ1v) is 9.87. The van der Waals surface area contributed by atoms with Crippen LogP contribution in [0, 0.1) is 0 Å². The van der Waals surface area contributed by atoms with Crippen LogP contribution in [0.4, 0.5) is 0 Å². The van der Waals surface area contributed by atoms with Crippen molar-refractivity contribution in [2.45, 2.75) is 38.9 Å². The topological polar surface area (TPSA) is 18.5 Å². The Morgan fingerprint density at radius 3 is 2.12 bits per heavy atom. The van der Waals surface area contributed by atoms with E-state index in [0.717, 1.165) is 5.46 Å². The molecule has 0 saturated carbocycles. The fourth-order valence-electron chi connectivity index (χ4n) is 3.71. The van der Waals surface area contributed by atoms with Gasteiger partial charge in [-0.3, -0.25) is 0 Å². The van der Waals surface area contributed by atoms with E-state index in [1.54, 1.807) is 0 Å². The highest BCUT2D eigenvalue weighted by atomic mass is 32.1. The summed E-state index contributed by atoms with van der Waals surface area (Å²) in [6, 6.07) is 19.6. The minimum atomic E-state index is -0.340. The molecule has 0 radical (unpaired) electrons. The molecule has 0 bridgehead atoms. The summed E-state index contributed by atoms with van der Waals surface area (Å²) < 4.78 is 15.3. The zero-order valence-corrected chi connectivity index (χ0v) is 16.3. The molecule has 1 aromatic heterocycles. The normalized spacial score (nSPS) is 19.0. The molecule has 2 nitrogen and oxygen atoms in total. The Bertz CT molecular complexity index is 1140.